The van der Waals surface area contributed by atoms with Crippen LogP contribution in [0.4, 0.5) is 0 Å². The first-order chi connectivity index (χ1) is 10.8. The smallest absolute Gasteiger partial charge is 0.260 e. The van der Waals surface area contributed by atoms with Crippen molar-refractivity contribution >= 4 is 16.8 Å². The molecule has 0 unspecified atom stereocenters. The van der Waals surface area contributed by atoms with Gasteiger partial charge in [0.05, 0.1) is 10.9 Å². The van der Waals surface area contributed by atoms with Crippen LogP contribution in [-0.2, 0) is 4.79 Å². The number of benzene rings is 1. The summed E-state index contributed by atoms with van der Waals surface area (Å²) in [4.78, 5) is 22.6. The van der Waals surface area contributed by atoms with E-state index >= 15 is 0 Å². The highest BCUT2D eigenvalue weighted by Gasteiger charge is 2.26. The Morgan fingerprint density at radius 2 is 2.14 bits per heavy atom. The van der Waals surface area contributed by atoms with Crippen LogP contribution in [0.3, 0.4) is 0 Å². The van der Waals surface area contributed by atoms with Crippen molar-refractivity contribution in [3.05, 3.63) is 30.6 Å². The number of rotatable bonds is 7. The standard InChI is InChI=1S/C17H21N3O2/c1-2-9-20(10-13-7-8-13)16(21)11-22-17-14-5-3-4-6-15(14)18-12-19-17/h3-6,12-13H,2,7-11H2,1H3. The summed E-state index contributed by atoms with van der Waals surface area (Å²) >= 11 is 0. The molecule has 0 atom stereocenters. The van der Waals surface area contributed by atoms with E-state index in [1.165, 1.54) is 19.2 Å². The van der Waals surface area contributed by atoms with E-state index in [2.05, 4.69) is 16.9 Å². The van der Waals surface area contributed by atoms with E-state index < -0.39 is 0 Å². The summed E-state index contributed by atoms with van der Waals surface area (Å²) in [7, 11) is 0. The Morgan fingerprint density at radius 3 is 2.91 bits per heavy atom. The third-order valence-electron chi connectivity index (χ3n) is 3.86. The summed E-state index contributed by atoms with van der Waals surface area (Å²) in [5.41, 5.74) is 0.823. The monoisotopic (exact) mass is 299 g/mol. The summed E-state index contributed by atoms with van der Waals surface area (Å²) in [5, 5.41) is 0.835. The average Bonchev–Trinajstić information content (AvgIpc) is 3.36. The summed E-state index contributed by atoms with van der Waals surface area (Å²) in [5.74, 6) is 1.20. The lowest BCUT2D eigenvalue weighted by Crippen LogP contribution is -2.37. The SMILES string of the molecule is CCCN(CC1CC1)C(=O)COc1ncnc2ccccc12. The first-order valence-corrected chi connectivity index (χ1v) is 7.88. The van der Waals surface area contributed by atoms with Gasteiger partial charge in [0.2, 0.25) is 5.88 Å². The third kappa shape index (κ3) is 3.53. The third-order valence-corrected chi connectivity index (χ3v) is 3.86. The number of amides is 1. The fourth-order valence-electron chi connectivity index (χ4n) is 2.52. The molecule has 0 spiro atoms. The van der Waals surface area contributed by atoms with E-state index in [1.54, 1.807) is 0 Å². The number of nitrogens with zero attached hydrogens (tertiary/aromatic N) is 3. The number of hydrogen-bond acceptors (Lipinski definition) is 4. The van der Waals surface area contributed by atoms with Crippen molar-refractivity contribution in [3.8, 4) is 5.88 Å². The van der Waals surface area contributed by atoms with Gasteiger partial charge in [0.1, 0.15) is 6.33 Å². The van der Waals surface area contributed by atoms with Crippen LogP contribution in [0.5, 0.6) is 5.88 Å². The lowest BCUT2D eigenvalue weighted by atomic mass is 10.2. The van der Waals surface area contributed by atoms with Gasteiger partial charge in [-0.3, -0.25) is 4.79 Å². The van der Waals surface area contributed by atoms with E-state index in [0.29, 0.717) is 11.8 Å². The molecule has 0 N–H and O–H groups in total. The second-order valence-electron chi connectivity index (χ2n) is 5.77. The van der Waals surface area contributed by atoms with Gasteiger partial charge in [-0.1, -0.05) is 19.1 Å². The molecule has 116 valence electrons. The number of ether oxygens (including phenoxy) is 1. The zero-order valence-corrected chi connectivity index (χ0v) is 12.9. The van der Waals surface area contributed by atoms with E-state index in [0.717, 1.165) is 30.4 Å². The van der Waals surface area contributed by atoms with Crippen molar-refractivity contribution in [3.63, 3.8) is 0 Å². The normalized spacial score (nSPS) is 14.0. The molecule has 1 amide bonds. The van der Waals surface area contributed by atoms with Crippen LogP contribution in [0.2, 0.25) is 0 Å². The van der Waals surface area contributed by atoms with E-state index in [-0.39, 0.29) is 12.5 Å². The fraction of sp³-hybridized carbons (Fsp3) is 0.471. The van der Waals surface area contributed by atoms with E-state index in [4.69, 9.17) is 4.74 Å². The molecule has 2 aromatic rings. The summed E-state index contributed by atoms with van der Waals surface area (Å²) in [6, 6.07) is 7.64. The predicted molar refractivity (Wildman–Crippen MR) is 84.6 cm³/mol. The van der Waals surface area contributed by atoms with Gasteiger partial charge in [0.25, 0.3) is 5.91 Å². The Kier molecular flexibility index (Phi) is 4.51. The molecule has 1 heterocycles. The Labute approximate surface area is 130 Å². The van der Waals surface area contributed by atoms with Gasteiger partial charge in [-0.25, -0.2) is 9.97 Å². The second kappa shape index (κ2) is 6.73. The maximum Gasteiger partial charge on any atom is 0.260 e. The van der Waals surface area contributed by atoms with Crippen molar-refractivity contribution in [2.75, 3.05) is 19.7 Å². The number of fused-ring (bicyclic) bond motifs is 1. The van der Waals surface area contributed by atoms with Gasteiger partial charge < -0.3 is 9.64 Å². The van der Waals surface area contributed by atoms with E-state index in [9.17, 15) is 4.79 Å². The molecular weight excluding hydrogens is 278 g/mol. The van der Waals surface area contributed by atoms with Crippen molar-refractivity contribution in [2.45, 2.75) is 26.2 Å². The molecule has 5 heteroatoms. The Balaban J connectivity index is 1.65. The molecule has 1 aromatic carbocycles. The average molecular weight is 299 g/mol. The van der Waals surface area contributed by atoms with Crippen LogP contribution in [0.1, 0.15) is 26.2 Å². The molecule has 1 aromatic heterocycles. The molecule has 0 bridgehead atoms. The van der Waals surface area contributed by atoms with E-state index in [1.807, 2.05) is 29.2 Å². The first-order valence-electron chi connectivity index (χ1n) is 7.88. The minimum Gasteiger partial charge on any atom is -0.467 e. The highest BCUT2D eigenvalue weighted by Crippen LogP contribution is 2.29. The van der Waals surface area contributed by atoms with Gasteiger partial charge in [0.15, 0.2) is 6.61 Å². The van der Waals surface area contributed by atoms with Gasteiger partial charge in [0, 0.05) is 13.1 Å². The van der Waals surface area contributed by atoms with Crippen molar-refractivity contribution < 1.29 is 9.53 Å². The zero-order chi connectivity index (χ0) is 15.4. The summed E-state index contributed by atoms with van der Waals surface area (Å²) in [6.07, 6.45) is 4.92. The van der Waals surface area contributed by atoms with Crippen LogP contribution in [0, 0.1) is 5.92 Å². The Bertz CT molecular complexity index is 650. The molecule has 1 saturated carbocycles. The number of hydrogen-bond donors (Lipinski definition) is 0. The molecule has 3 rings (SSSR count). The number of para-hydroxylation sites is 1. The second-order valence-corrected chi connectivity index (χ2v) is 5.77. The Hall–Kier alpha value is -2.17. The van der Waals surface area contributed by atoms with Gasteiger partial charge in [-0.05, 0) is 37.3 Å². The van der Waals surface area contributed by atoms with Crippen molar-refractivity contribution in [1.29, 1.82) is 0 Å². The predicted octanol–water partition coefficient (Wildman–Crippen LogP) is 2.66. The first kappa shape index (κ1) is 14.8. The van der Waals surface area contributed by atoms with Crippen LogP contribution >= 0.6 is 0 Å². The minimum atomic E-state index is 0.0354. The topological polar surface area (TPSA) is 55.3 Å². The molecule has 1 aliphatic carbocycles. The van der Waals surface area contributed by atoms with Gasteiger partial charge >= 0.3 is 0 Å². The molecular formula is C17H21N3O2. The van der Waals surface area contributed by atoms with Crippen molar-refractivity contribution in [1.82, 2.24) is 14.9 Å². The van der Waals surface area contributed by atoms with Crippen LogP contribution in [-0.4, -0.2) is 40.5 Å². The molecule has 0 radical (unpaired) electrons. The van der Waals surface area contributed by atoms with Crippen LogP contribution in [0.25, 0.3) is 10.9 Å². The molecule has 5 nitrogen and oxygen atoms in total. The molecule has 0 saturated heterocycles. The lowest BCUT2D eigenvalue weighted by molar-refractivity contribution is -0.133. The van der Waals surface area contributed by atoms with Gasteiger partial charge in [-0.2, -0.15) is 0 Å². The quantitative estimate of drug-likeness (QED) is 0.788. The molecule has 22 heavy (non-hydrogen) atoms. The van der Waals surface area contributed by atoms with Gasteiger partial charge in [-0.15, -0.1) is 0 Å². The molecule has 1 aliphatic rings. The molecule has 1 fully saturated rings. The minimum absolute atomic E-state index is 0.0354. The Morgan fingerprint density at radius 1 is 1.32 bits per heavy atom. The fourth-order valence-corrected chi connectivity index (χ4v) is 2.52. The lowest BCUT2D eigenvalue weighted by Gasteiger charge is -2.22. The summed E-state index contributed by atoms with van der Waals surface area (Å²) < 4.78 is 5.67. The number of aromatic nitrogens is 2. The van der Waals surface area contributed by atoms with Crippen LogP contribution < -0.4 is 4.74 Å². The highest BCUT2D eigenvalue weighted by atomic mass is 16.5. The summed E-state index contributed by atoms with van der Waals surface area (Å²) in [6.45, 7) is 3.78. The maximum absolute atomic E-state index is 12.4. The number of carbonyl (C=O) groups excluding carboxylic acids is 1. The maximum atomic E-state index is 12.4. The number of carbonyl (C=O) groups is 1. The largest absolute Gasteiger partial charge is 0.467 e. The zero-order valence-electron chi connectivity index (χ0n) is 12.9. The van der Waals surface area contributed by atoms with Crippen LogP contribution in [0.15, 0.2) is 30.6 Å². The molecule has 0 aliphatic heterocycles. The highest BCUT2D eigenvalue weighted by molar-refractivity contribution is 5.84. The van der Waals surface area contributed by atoms with Crippen molar-refractivity contribution in [2.24, 2.45) is 5.92 Å².